The minimum Gasteiger partial charge on any atom is -0.362 e. The van der Waals surface area contributed by atoms with Gasteiger partial charge in [0.25, 0.3) is 0 Å². The molecule has 1 aliphatic heterocycles. The topological polar surface area (TPSA) is 29.3 Å². The highest BCUT2D eigenvalue weighted by Gasteiger charge is 2.26. The van der Waals surface area contributed by atoms with Gasteiger partial charge in [-0.05, 0) is 40.0 Å². The average molecular weight is 323 g/mol. The summed E-state index contributed by atoms with van der Waals surface area (Å²) in [7, 11) is 0. The standard InChI is InChI=1S/C14H15BrN2S/c15-11-7-14(18-9-11)13(8-16)17-6-5-10-3-1-2-4-12(10)17/h1-4,7,9,13H,5-6,8,16H2. The van der Waals surface area contributed by atoms with Crippen molar-refractivity contribution in [2.75, 3.05) is 18.0 Å². The molecule has 18 heavy (non-hydrogen) atoms. The number of para-hydroxylation sites is 1. The van der Waals surface area contributed by atoms with Crippen molar-refractivity contribution in [2.45, 2.75) is 12.5 Å². The van der Waals surface area contributed by atoms with E-state index in [1.54, 1.807) is 11.3 Å². The van der Waals surface area contributed by atoms with Crippen molar-refractivity contribution in [3.8, 4) is 0 Å². The lowest BCUT2D eigenvalue weighted by atomic mass is 10.1. The van der Waals surface area contributed by atoms with Crippen LogP contribution in [0.4, 0.5) is 5.69 Å². The number of anilines is 1. The van der Waals surface area contributed by atoms with Crippen molar-refractivity contribution in [3.05, 3.63) is 50.6 Å². The summed E-state index contributed by atoms with van der Waals surface area (Å²) in [5.41, 5.74) is 8.78. The number of hydrogen-bond donors (Lipinski definition) is 1. The lowest BCUT2D eigenvalue weighted by Crippen LogP contribution is -2.31. The minimum absolute atomic E-state index is 0.296. The van der Waals surface area contributed by atoms with E-state index in [2.05, 4.69) is 56.5 Å². The van der Waals surface area contributed by atoms with Gasteiger partial charge in [-0.15, -0.1) is 11.3 Å². The molecule has 0 spiro atoms. The molecule has 1 aromatic heterocycles. The van der Waals surface area contributed by atoms with Crippen LogP contribution in [0.15, 0.2) is 40.2 Å². The molecule has 0 aliphatic carbocycles. The van der Waals surface area contributed by atoms with Crippen LogP contribution >= 0.6 is 27.3 Å². The molecule has 0 saturated heterocycles. The highest BCUT2D eigenvalue weighted by Crippen LogP contribution is 2.37. The molecule has 2 heterocycles. The molecule has 2 N–H and O–H groups in total. The van der Waals surface area contributed by atoms with Gasteiger partial charge in [-0.25, -0.2) is 0 Å². The van der Waals surface area contributed by atoms with Crippen molar-refractivity contribution >= 4 is 33.0 Å². The first-order valence-electron chi connectivity index (χ1n) is 6.08. The number of nitrogens with two attached hydrogens (primary N) is 1. The van der Waals surface area contributed by atoms with Crippen LogP contribution in [0.2, 0.25) is 0 Å². The summed E-state index contributed by atoms with van der Waals surface area (Å²) >= 11 is 5.30. The third kappa shape index (κ3) is 2.09. The normalized spacial score (nSPS) is 15.8. The summed E-state index contributed by atoms with van der Waals surface area (Å²) in [6, 6.07) is 11.1. The first-order valence-corrected chi connectivity index (χ1v) is 7.75. The van der Waals surface area contributed by atoms with Crippen LogP contribution in [0.3, 0.4) is 0 Å². The maximum Gasteiger partial charge on any atom is 0.0757 e. The Bertz CT molecular complexity index is 552. The van der Waals surface area contributed by atoms with Gasteiger partial charge in [0.1, 0.15) is 0 Å². The van der Waals surface area contributed by atoms with Crippen LogP contribution < -0.4 is 10.6 Å². The van der Waals surface area contributed by atoms with Gasteiger partial charge in [-0.3, -0.25) is 0 Å². The fourth-order valence-corrected chi connectivity index (χ4v) is 4.16. The summed E-state index contributed by atoms with van der Waals surface area (Å²) in [5.74, 6) is 0. The maximum absolute atomic E-state index is 6.00. The molecule has 0 amide bonds. The van der Waals surface area contributed by atoms with E-state index in [0.29, 0.717) is 12.6 Å². The first kappa shape index (κ1) is 12.2. The fraction of sp³-hybridized carbons (Fsp3) is 0.286. The van der Waals surface area contributed by atoms with Gasteiger partial charge in [-0.2, -0.15) is 0 Å². The highest BCUT2D eigenvalue weighted by molar-refractivity contribution is 9.10. The van der Waals surface area contributed by atoms with Gasteiger partial charge in [0.15, 0.2) is 0 Å². The zero-order valence-corrected chi connectivity index (χ0v) is 12.4. The third-order valence-corrected chi connectivity index (χ3v) is 5.23. The molecule has 1 atom stereocenters. The lowest BCUT2D eigenvalue weighted by molar-refractivity contribution is 0.659. The Labute approximate surface area is 120 Å². The Morgan fingerprint density at radius 1 is 1.39 bits per heavy atom. The minimum atomic E-state index is 0.296. The lowest BCUT2D eigenvalue weighted by Gasteiger charge is -2.28. The number of thiophene rings is 1. The molecular formula is C14H15BrN2S. The van der Waals surface area contributed by atoms with E-state index < -0.39 is 0 Å². The highest BCUT2D eigenvalue weighted by atomic mass is 79.9. The second-order valence-corrected chi connectivity index (χ2v) is 6.35. The summed E-state index contributed by atoms with van der Waals surface area (Å²) in [6.45, 7) is 1.72. The number of rotatable bonds is 3. The average Bonchev–Trinajstić information content (AvgIpc) is 2.98. The maximum atomic E-state index is 6.00. The van der Waals surface area contributed by atoms with E-state index in [1.807, 2.05) is 0 Å². The molecule has 1 aromatic carbocycles. The van der Waals surface area contributed by atoms with Crippen LogP contribution in [0, 0.1) is 0 Å². The molecule has 0 fully saturated rings. The van der Waals surface area contributed by atoms with Crippen molar-refractivity contribution in [2.24, 2.45) is 5.73 Å². The van der Waals surface area contributed by atoms with E-state index in [0.717, 1.165) is 17.4 Å². The Morgan fingerprint density at radius 2 is 2.22 bits per heavy atom. The molecule has 4 heteroatoms. The van der Waals surface area contributed by atoms with Crippen LogP contribution in [0.5, 0.6) is 0 Å². The Kier molecular flexibility index (Phi) is 3.41. The molecule has 0 bridgehead atoms. The van der Waals surface area contributed by atoms with Gasteiger partial charge in [0, 0.05) is 33.5 Å². The molecule has 1 unspecified atom stereocenters. The number of hydrogen-bond acceptors (Lipinski definition) is 3. The quantitative estimate of drug-likeness (QED) is 0.936. The Balaban J connectivity index is 1.95. The van der Waals surface area contributed by atoms with Crippen LogP contribution in [0.25, 0.3) is 0 Å². The van der Waals surface area contributed by atoms with Crippen LogP contribution in [-0.2, 0) is 6.42 Å². The molecule has 1 aliphatic rings. The third-order valence-electron chi connectivity index (χ3n) is 3.44. The van der Waals surface area contributed by atoms with E-state index in [1.165, 1.54) is 16.1 Å². The van der Waals surface area contributed by atoms with E-state index in [-0.39, 0.29) is 0 Å². The van der Waals surface area contributed by atoms with Gasteiger partial charge < -0.3 is 10.6 Å². The molecule has 2 nitrogen and oxygen atoms in total. The van der Waals surface area contributed by atoms with Gasteiger partial charge >= 0.3 is 0 Å². The number of halogens is 1. The van der Waals surface area contributed by atoms with E-state index >= 15 is 0 Å². The first-order chi connectivity index (χ1) is 8.79. The summed E-state index contributed by atoms with van der Waals surface area (Å²) in [5, 5.41) is 2.12. The summed E-state index contributed by atoms with van der Waals surface area (Å²) < 4.78 is 1.15. The van der Waals surface area contributed by atoms with Crippen molar-refractivity contribution in [1.29, 1.82) is 0 Å². The Hall–Kier alpha value is -0.840. The molecule has 3 rings (SSSR count). The van der Waals surface area contributed by atoms with Crippen LogP contribution in [0.1, 0.15) is 16.5 Å². The molecule has 0 saturated carbocycles. The smallest absolute Gasteiger partial charge is 0.0757 e. The zero-order chi connectivity index (χ0) is 12.5. The van der Waals surface area contributed by atoms with Gasteiger partial charge in [-0.1, -0.05) is 18.2 Å². The van der Waals surface area contributed by atoms with Crippen LogP contribution in [-0.4, -0.2) is 13.1 Å². The Morgan fingerprint density at radius 3 is 2.94 bits per heavy atom. The number of fused-ring (bicyclic) bond motifs is 1. The molecule has 0 radical (unpaired) electrons. The predicted molar refractivity (Wildman–Crippen MR) is 81.3 cm³/mol. The van der Waals surface area contributed by atoms with Crippen molar-refractivity contribution in [1.82, 2.24) is 0 Å². The van der Waals surface area contributed by atoms with Crippen molar-refractivity contribution in [3.63, 3.8) is 0 Å². The van der Waals surface area contributed by atoms with E-state index in [9.17, 15) is 0 Å². The molecular weight excluding hydrogens is 308 g/mol. The van der Waals surface area contributed by atoms with E-state index in [4.69, 9.17) is 5.73 Å². The SMILES string of the molecule is NCC(c1cc(Br)cs1)N1CCc2ccccc21. The largest absolute Gasteiger partial charge is 0.362 e. The monoisotopic (exact) mass is 322 g/mol. The van der Waals surface area contributed by atoms with Gasteiger partial charge in [0.2, 0.25) is 0 Å². The fourth-order valence-electron chi connectivity index (χ4n) is 2.59. The zero-order valence-electron chi connectivity index (χ0n) is 9.97. The molecule has 2 aromatic rings. The second-order valence-electron chi connectivity index (χ2n) is 4.49. The second kappa shape index (κ2) is 5.03. The van der Waals surface area contributed by atoms with Crippen molar-refractivity contribution < 1.29 is 0 Å². The molecule has 94 valence electrons. The summed E-state index contributed by atoms with van der Waals surface area (Å²) in [6.07, 6.45) is 1.12. The van der Waals surface area contributed by atoms with Gasteiger partial charge in [0.05, 0.1) is 6.04 Å². The summed E-state index contributed by atoms with van der Waals surface area (Å²) in [4.78, 5) is 3.77. The number of benzene rings is 1. The number of nitrogens with zero attached hydrogens (tertiary/aromatic N) is 1. The predicted octanol–water partition coefficient (Wildman–Crippen LogP) is 3.57.